The van der Waals surface area contributed by atoms with Gasteiger partial charge in [-0.25, -0.2) is 4.39 Å². The van der Waals surface area contributed by atoms with Crippen LogP contribution in [0.25, 0.3) is 0 Å². The van der Waals surface area contributed by atoms with E-state index in [0.29, 0.717) is 17.7 Å². The van der Waals surface area contributed by atoms with Crippen molar-refractivity contribution in [3.8, 4) is 0 Å². The van der Waals surface area contributed by atoms with Gasteiger partial charge in [0.05, 0.1) is 0 Å². The quantitative estimate of drug-likeness (QED) is 0.797. The lowest BCUT2D eigenvalue weighted by Crippen LogP contribution is -2.18. The van der Waals surface area contributed by atoms with Gasteiger partial charge in [-0.05, 0) is 53.6 Å². The normalized spacial score (nSPS) is 10.6. The summed E-state index contributed by atoms with van der Waals surface area (Å²) >= 11 is 1.66. The van der Waals surface area contributed by atoms with Gasteiger partial charge < -0.3 is 11.1 Å². The minimum atomic E-state index is -0.542. The maximum atomic E-state index is 13.5. The number of nitrogens with one attached hydrogen (secondary N) is 1. The molecule has 0 atom stereocenters. The van der Waals surface area contributed by atoms with E-state index in [0.717, 1.165) is 13.0 Å². The first kappa shape index (κ1) is 13.7. The third-order valence-electron chi connectivity index (χ3n) is 2.82. The first-order valence-corrected chi connectivity index (χ1v) is 6.91. The maximum Gasteiger partial charge on any atom is 0.248 e. The highest BCUT2D eigenvalue weighted by molar-refractivity contribution is 7.07. The van der Waals surface area contributed by atoms with Crippen molar-refractivity contribution < 1.29 is 9.18 Å². The number of rotatable bonds is 6. The van der Waals surface area contributed by atoms with Gasteiger partial charge in [0.15, 0.2) is 0 Å². The molecule has 1 heterocycles. The second kappa shape index (κ2) is 6.45. The molecule has 0 saturated heterocycles. The van der Waals surface area contributed by atoms with Crippen LogP contribution < -0.4 is 11.1 Å². The first-order chi connectivity index (χ1) is 9.16. The van der Waals surface area contributed by atoms with E-state index >= 15 is 0 Å². The zero-order chi connectivity index (χ0) is 13.7. The molecule has 100 valence electrons. The summed E-state index contributed by atoms with van der Waals surface area (Å²) in [5.74, 6) is -0.868. The number of primary amides is 1. The van der Waals surface area contributed by atoms with Gasteiger partial charge in [0.1, 0.15) is 5.82 Å². The number of carbonyl (C=O) groups is 1. The highest BCUT2D eigenvalue weighted by atomic mass is 32.1. The second-order valence-corrected chi connectivity index (χ2v) is 5.01. The van der Waals surface area contributed by atoms with Crippen molar-refractivity contribution in [2.24, 2.45) is 5.73 Å². The molecular formula is C14H15FN2OS. The summed E-state index contributed by atoms with van der Waals surface area (Å²) in [5, 5.41) is 7.29. The van der Waals surface area contributed by atoms with Crippen LogP contribution in [0.5, 0.6) is 0 Å². The fraction of sp³-hybridized carbons (Fsp3) is 0.214. The van der Waals surface area contributed by atoms with Gasteiger partial charge in [-0.15, -0.1) is 0 Å². The zero-order valence-corrected chi connectivity index (χ0v) is 11.2. The third-order valence-corrected chi connectivity index (χ3v) is 3.55. The molecule has 2 rings (SSSR count). The lowest BCUT2D eigenvalue weighted by molar-refractivity contribution is 0.1000. The van der Waals surface area contributed by atoms with E-state index in [9.17, 15) is 9.18 Å². The summed E-state index contributed by atoms with van der Waals surface area (Å²) in [5.41, 5.74) is 7.23. The fourth-order valence-corrected chi connectivity index (χ4v) is 2.46. The first-order valence-electron chi connectivity index (χ1n) is 5.97. The van der Waals surface area contributed by atoms with Crippen LogP contribution in [0.2, 0.25) is 0 Å². The third kappa shape index (κ3) is 3.87. The minimum Gasteiger partial charge on any atom is -0.366 e. The Labute approximate surface area is 115 Å². The van der Waals surface area contributed by atoms with Crippen LogP contribution in [0.15, 0.2) is 35.0 Å². The van der Waals surface area contributed by atoms with Gasteiger partial charge in [-0.3, -0.25) is 4.79 Å². The number of nitrogens with two attached hydrogens (primary N) is 1. The summed E-state index contributed by atoms with van der Waals surface area (Å²) < 4.78 is 13.5. The molecule has 3 N–H and O–H groups in total. The van der Waals surface area contributed by atoms with E-state index in [4.69, 9.17) is 5.73 Å². The molecule has 19 heavy (non-hydrogen) atoms. The second-order valence-electron chi connectivity index (χ2n) is 4.23. The molecule has 1 amide bonds. The summed E-state index contributed by atoms with van der Waals surface area (Å²) in [4.78, 5) is 11.0. The standard InChI is InChI=1S/C14H15FN2OS/c15-13-2-1-11(14(16)18)7-12(13)8-17-5-3-10-4-6-19-9-10/h1-2,4,6-7,9,17H,3,5,8H2,(H2,16,18). The molecule has 0 bridgehead atoms. The Morgan fingerprint density at radius 2 is 2.21 bits per heavy atom. The van der Waals surface area contributed by atoms with Gasteiger partial charge in [-0.2, -0.15) is 11.3 Å². The fourth-order valence-electron chi connectivity index (χ4n) is 1.75. The Morgan fingerprint density at radius 1 is 1.37 bits per heavy atom. The zero-order valence-electron chi connectivity index (χ0n) is 10.4. The number of hydrogen-bond acceptors (Lipinski definition) is 3. The van der Waals surface area contributed by atoms with Crippen molar-refractivity contribution in [3.63, 3.8) is 0 Å². The predicted molar refractivity (Wildman–Crippen MR) is 74.6 cm³/mol. The molecule has 0 fully saturated rings. The van der Waals surface area contributed by atoms with E-state index in [-0.39, 0.29) is 5.82 Å². The van der Waals surface area contributed by atoms with Crippen molar-refractivity contribution >= 4 is 17.2 Å². The summed E-state index contributed by atoms with van der Waals surface area (Å²) in [6.07, 6.45) is 0.903. The Kier molecular flexibility index (Phi) is 4.65. The van der Waals surface area contributed by atoms with Crippen LogP contribution in [-0.4, -0.2) is 12.5 Å². The van der Waals surface area contributed by atoms with Gasteiger partial charge in [0, 0.05) is 17.7 Å². The molecule has 0 radical (unpaired) electrons. The van der Waals surface area contributed by atoms with Crippen LogP contribution in [0.4, 0.5) is 4.39 Å². The molecule has 0 unspecified atom stereocenters. The SMILES string of the molecule is NC(=O)c1ccc(F)c(CNCCc2ccsc2)c1. The molecule has 0 aliphatic rings. The number of amides is 1. The molecule has 0 saturated carbocycles. The monoisotopic (exact) mass is 278 g/mol. The molecule has 3 nitrogen and oxygen atoms in total. The van der Waals surface area contributed by atoms with Crippen molar-refractivity contribution in [3.05, 3.63) is 57.5 Å². The molecular weight excluding hydrogens is 263 g/mol. The van der Waals surface area contributed by atoms with Gasteiger partial charge in [0.25, 0.3) is 0 Å². The number of carbonyl (C=O) groups excluding carboxylic acids is 1. The number of hydrogen-bond donors (Lipinski definition) is 2. The van der Waals surface area contributed by atoms with Crippen molar-refractivity contribution in [1.29, 1.82) is 0 Å². The topological polar surface area (TPSA) is 55.1 Å². The van der Waals surface area contributed by atoms with Crippen LogP contribution in [0.1, 0.15) is 21.5 Å². The van der Waals surface area contributed by atoms with Crippen LogP contribution >= 0.6 is 11.3 Å². The van der Waals surface area contributed by atoms with Gasteiger partial charge in [-0.1, -0.05) is 0 Å². The predicted octanol–water partition coefficient (Wildman–Crippen LogP) is 2.32. The van der Waals surface area contributed by atoms with E-state index in [1.165, 1.54) is 23.8 Å². The van der Waals surface area contributed by atoms with Crippen molar-refractivity contribution in [1.82, 2.24) is 5.32 Å². The average Bonchev–Trinajstić information content (AvgIpc) is 2.89. The molecule has 5 heteroatoms. The van der Waals surface area contributed by atoms with Crippen molar-refractivity contribution in [2.45, 2.75) is 13.0 Å². The number of benzene rings is 1. The van der Waals surface area contributed by atoms with Gasteiger partial charge in [0.2, 0.25) is 5.91 Å². The summed E-state index contributed by atoms with van der Waals surface area (Å²) in [7, 11) is 0. The molecule has 1 aromatic heterocycles. The Morgan fingerprint density at radius 3 is 2.89 bits per heavy atom. The molecule has 1 aromatic carbocycles. The molecule has 2 aromatic rings. The number of halogens is 1. The van der Waals surface area contributed by atoms with E-state index in [2.05, 4.69) is 16.8 Å². The van der Waals surface area contributed by atoms with Gasteiger partial charge >= 0.3 is 0 Å². The summed E-state index contributed by atoms with van der Waals surface area (Å²) in [6, 6.07) is 6.23. The van der Waals surface area contributed by atoms with E-state index < -0.39 is 5.91 Å². The Hall–Kier alpha value is -1.72. The summed E-state index contributed by atoms with van der Waals surface area (Å²) in [6.45, 7) is 1.15. The van der Waals surface area contributed by atoms with Crippen LogP contribution in [0.3, 0.4) is 0 Å². The van der Waals surface area contributed by atoms with Crippen LogP contribution in [-0.2, 0) is 13.0 Å². The smallest absolute Gasteiger partial charge is 0.248 e. The van der Waals surface area contributed by atoms with E-state index in [1.807, 2.05) is 5.38 Å². The average molecular weight is 278 g/mol. The Balaban J connectivity index is 1.88. The maximum absolute atomic E-state index is 13.5. The molecule has 0 spiro atoms. The lowest BCUT2D eigenvalue weighted by Gasteiger charge is -2.07. The minimum absolute atomic E-state index is 0.326. The lowest BCUT2D eigenvalue weighted by atomic mass is 10.1. The largest absolute Gasteiger partial charge is 0.366 e. The van der Waals surface area contributed by atoms with E-state index in [1.54, 1.807) is 11.3 Å². The number of thiophene rings is 1. The molecule has 0 aliphatic carbocycles. The molecule has 0 aliphatic heterocycles. The Bertz CT molecular complexity index is 555. The van der Waals surface area contributed by atoms with Crippen LogP contribution in [0, 0.1) is 5.82 Å². The van der Waals surface area contributed by atoms with Crippen molar-refractivity contribution in [2.75, 3.05) is 6.54 Å². The highest BCUT2D eigenvalue weighted by Crippen LogP contribution is 2.10. The highest BCUT2D eigenvalue weighted by Gasteiger charge is 2.06.